The molecular weight excluding hydrogens is 240 g/mol. The van der Waals surface area contributed by atoms with Crippen molar-refractivity contribution >= 4 is 5.91 Å². The average molecular weight is 268 g/mol. The SMILES string of the molecule is CC1(C)CC(NCCC(=O)N2CCCCC2)CCO1. The van der Waals surface area contributed by atoms with Crippen LogP contribution in [0, 0.1) is 0 Å². The van der Waals surface area contributed by atoms with Crippen molar-refractivity contribution in [2.45, 2.75) is 64.0 Å². The molecule has 2 rings (SSSR count). The second-order valence-electron chi connectivity index (χ2n) is 6.44. The van der Waals surface area contributed by atoms with Crippen LogP contribution in [0.4, 0.5) is 0 Å². The highest BCUT2D eigenvalue weighted by Crippen LogP contribution is 2.23. The van der Waals surface area contributed by atoms with E-state index in [-0.39, 0.29) is 5.60 Å². The number of ether oxygens (including phenoxy) is 1. The number of nitrogens with one attached hydrogen (secondary N) is 1. The summed E-state index contributed by atoms with van der Waals surface area (Å²) < 4.78 is 5.70. The standard InChI is InChI=1S/C15H28N2O2/c1-15(2)12-13(7-11-19-15)16-8-6-14(18)17-9-4-3-5-10-17/h13,16H,3-12H2,1-2H3. The van der Waals surface area contributed by atoms with Crippen LogP contribution in [-0.2, 0) is 9.53 Å². The van der Waals surface area contributed by atoms with Crippen LogP contribution in [-0.4, -0.2) is 48.7 Å². The maximum atomic E-state index is 12.0. The van der Waals surface area contributed by atoms with Gasteiger partial charge in [-0.2, -0.15) is 0 Å². The van der Waals surface area contributed by atoms with Gasteiger partial charge in [0.25, 0.3) is 0 Å². The van der Waals surface area contributed by atoms with E-state index in [1.165, 1.54) is 19.3 Å². The lowest BCUT2D eigenvalue weighted by molar-refractivity contribution is -0.132. The van der Waals surface area contributed by atoms with Gasteiger partial charge in [0, 0.05) is 38.7 Å². The molecule has 0 aromatic heterocycles. The van der Waals surface area contributed by atoms with E-state index in [4.69, 9.17) is 4.74 Å². The van der Waals surface area contributed by atoms with Crippen LogP contribution in [0.5, 0.6) is 0 Å². The summed E-state index contributed by atoms with van der Waals surface area (Å²) >= 11 is 0. The average Bonchev–Trinajstić information content (AvgIpc) is 2.38. The lowest BCUT2D eigenvalue weighted by Crippen LogP contribution is -2.45. The van der Waals surface area contributed by atoms with Crippen molar-refractivity contribution in [3.8, 4) is 0 Å². The Morgan fingerprint density at radius 1 is 1.32 bits per heavy atom. The Balaban J connectivity index is 1.64. The molecule has 2 saturated heterocycles. The quantitative estimate of drug-likeness (QED) is 0.847. The Morgan fingerprint density at radius 2 is 2.05 bits per heavy atom. The third-order valence-corrected chi connectivity index (χ3v) is 4.18. The smallest absolute Gasteiger partial charge is 0.223 e. The Labute approximate surface area is 116 Å². The van der Waals surface area contributed by atoms with Gasteiger partial charge in [0.05, 0.1) is 5.60 Å². The van der Waals surface area contributed by atoms with Gasteiger partial charge in [0.1, 0.15) is 0 Å². The molecule has 4 nitrogen and oxygen atoms in total. The summed E-state index contributed by atoms with van der Waals surface area (Å²) in [5.74, 6) is 0.318. The molecule has 1 amide bonds. The van der Waals surface area contributed by atoms with Gasteiger partial charge in [0.15, 0.2) is 0 Å². The Hall–Kier alpha value is -0.610. The number of likely N-dealkylation sites (tertiary alicyclic amines) is 1. The molecule has 1 N–H and O–H groups in total. The normalized spacial score (nSPS) is 27.3. The summed E-state index contributed by atoms with van der Waals surface area (Å²) in [7, 11) is 0. The summed E-state index contributed by atoms with van der Waals surface area (Å²) in [6.45, 7) is 7.83. The number of nitrogens with zero attached hydrogens (tertiary/aromatic N) is 1. The molecule has 2 fully saturated rings. The molecule has 110 valence electrons. The molecule has 0 saturated carbocycles. The molecule has 19 heavy (non-hydrogen) atoms. The van der Waals surface area contributed by atoms with Crippen molar-refractivity contribution in [3.05, 3.63) is 0 Å². The molecule has 0 spiro atoms. The van der Waals surface area contributed by atoms with Crippen molar-refractivity contribution in [3.63, 3.8) is 0 Å². The Kier molecular flexibility index (Phi) is 5.22. The molecule has 2 aliphatic rings. The predicted octanol–water partition coefficient (Wildman–Crippen LogP) is 1.94. The third kappa shape index (κ3) is 4.77. The summed E-state index contributed by atoms with van der Waals surface area (Å²) in [4.78, 5) is 14.1. The van der Waals surface area contributed by atoms with Crippen molar-refractivity contribution in [1.29, 1.82) is 0 Å². The van der Waals surface area contributed by atoms with Gasteiger partial charge in [-0.15, -0.1) is 0 Å². The minimum absolute atomic E-state index is 0.0210. The molecule has 2 aliphatic heterocycles. The van der Waals surface area contributed by atoms with Gasteiger partial charge < -0.3 is 15.0 Å². The van der Waals surface area contributed by atoms with Crippen LogP contribution in [0.3, 0.4) is 0 Å². The summed E-state index contributed by atoms with van der Waals surface area (Å²) in [6.07, 6.45) is 6.35. The second kappa shape index (κ2) is 6.71. The number of piperidine rings is 1. The van der Waals surface area contributed by atoms with Gasteiger partial charge in [-0.1, -0.05) is 0 Å². The van der Waals surface area contributed by atoms with E-state index in [2.05, 4.69) is 19.2 Å². The first-order chi connectivity index (χ1) is 9.07. The highest BCUT2D eigenvalue weighted by Gasteiger charge is 2.28. The highest BCUT2D eigenvalue weighted by atomic mass is 16.5. The van der Waals surface area contributed by atoms with Crippen LogP contribution in [0.2, 0.25) is 0 Å². The van der Waals surface area contributed by atoms with Crippen LogP contribution >= 0.6 is 0 Å². The number of hydrogen-bond acceptors (Lipinski definition) is 3. The van der Waals surface area contributed by atoms with Crippen molar-refractivity contribution in [2.24, 2.45) is 0 Å². The van der Waals surface area contributed by atoms with E-state index in [0.29, 0.717) is 18.4 Å². The van der Waals surface area contributed by atoms with Gasteiger partial charge in [0.2, 0.25) is 5.91 Å². The number of carbonyl (C=O) groups is 1. The number of amides is 1. The van der Waals surface area contributed by atoms with Gasteiger partial charge >= 0.3 is 0 Å². The molecule has 2 heterocycles. The molecule has 0 radical (unpaired) electrons. The van der Waals surface area contributed by atoms with E-state index in [1.807, 2.05) is 4.90 Å². The van der Waals surface area contributed by atoms with Crippen molar-refractivity contribution in [2.75, 3.05) is 26.2 Å². The van der Waals surface area contributed by atoms with Gasteiger partial charge in [-0.3, -0.25) is 4.79 Å². The van der Waals surface area contributed by atoms with Crippen LogP contribution < -0.4 is 5.32 Å². The zero-order chi connectivity index (χ0) is 13.7. The molecule has 1 unspecified atom stereocenters. The fourth-order valence-electron chi connectivity index (χ4n) is 3.09. The number of hydrogen-bond donors (Lipinski definition) is 1. The monoisotopic (exact) mass is 268 g/mol. The molecule has 4 heteroatoms. The topological polar surface area (TPSA) is 41.6 Å². The molecule has 0 bridgehead atoms. The zero-order valence-corrected chi connectivity index (χ0v) is 12.4. The number of carbonyl (C=O) groups excluding carboxylic acids is 1. The predicted molar refractivity (Wildman–Crippen MR) is 76.1 cm³/mol. The summed E-state index contributed by atoms with van der Waals surface area (Å²) in [6, 6.07) is 0.498. The number of rotatable bonds is 4. The minimum Gasteiger partial charge on any atom is -0.375 e. The lowest BCUT2D eigenvalue weighted by Gasteiger charge is -2.36. The third-order valence-electron chi connectivity index (χ3n) is 4.18. The van der Waals surface area contributed by atoms with Crippen molar-refractivity contribution in [1.82, 2.24) is 10.2 Å². The lowest BCUT2D eigenvalue weighted by atomic mass is 9.94. The molecule has 1 atom stereocenters. The Bertz CT molecular complexity index is 299. The van der Waals surface area contributed by atoms with Crippen LogP contribution in [0.15, 0.2) is 0 Å². The fourth-order valence-corrected chi connectivity index (χ4v) is 3.09. The first-order valence-electron chi connectivity index (χ1n) is 7.72. The van der Waals surface area contributed by atoms with E-state index < -0.39 is 0 Å². The zero-order valence-electron chi connectivity index (χ0n) is 12.4. The summed E-state index contributed by atoms with van der Waals surface area (Å²) in [5.41, 5.74) is -0.0210. The first kappa shape index (κ1) is 14.8. The maximum absolute atomic E-state index is 12.0. The second-order valence-corrected chi connectivity index (χ2v) is 6.44. The van der Waals surface area contributed by atoms with Gasteiger partial charge in [-0.05, 0) is 46.0 Å². The Morgan fingerprint density at radius 3 is 2.74 bits per heavy atom. The fraction of sp³-hybridized carbons (Fsp3) is 0.933. The van der Waals surface area contributed by atoms with Gasteiger partial charge in [-0.25, -0.2) is 0 Å². The van der Waals surface area contributed by atoms with E-state index in [1.54, 1.807) is 0 Å². The van der Waals surface area contributed by atoms with E-state index >= 15 is 0 Å². The molecule has 0 aliphatic carbocycles. The van der Waals surface area contributed by atoms with Crippen molar-refractivity contribution < 1.29 is 9.53 Å². The van der Waals surface area contributed by atoms with E-state index in [0.717, 1.165) is 39.1 Å². The maximum Gasteiger partial charge on any atom is 0.223 e. The largest absolute Gasteiger partial charge is 0.375 e. The molecule has 0 aromatic rings. The minimum atomic E-state index is -0.0210. The van der Waals surface area contributed by atoms with E-state index in [9.17, 15) is 4.79 Å². The summed E-state index contributed by atoms with van der Waals surface area (Å²) in [5, 5.41) is 3.52. The highest BCUT2D eigenvalue weighted by molar-refractivity contribution is 5.76. The van der Waals surface area contributed by atoms with Crippen LogP contribution in [0.1, 0.15) is 52.4 Å². The molecular formula is C15H28N2O2. The first-order valence-corrected chi connectivity index (χ1v) is 7.72. The van der Waals surface area contributed by atoms with Crippen LogP contribution in [0.25, 0.3) is 0 Å². The molecule has 0 aromatic carbocycles.